The van der Waals surface area contributed by atoms with Gasteiger partial charge in [-0.05, 0) is 62.4 Å². The van der Waals surface area contributed by atoms with E-state index in [1.54, 1.807) is 11.8 Å². The largest absolute Gasteiger partial charge is 0.280 e. The Morgan fingerprint density at radius 2 is 1.74 bits per heavy atom. The van der Waals surface area contributed by atoms with Crippen molar-refractivity contribution in [1.82, 2.24) is 9.97 Å². The van der Waals surface area contributed by atoms with Gasteiger partial charge in [0.15, 0.2) is 0 Å². The Hall–Kier alpha value is -2.66. The molecule has 27 heavy (non-hydrogen) atoms. The third-order valence-corrected chi connectivity index (χ3v) is 5.80. The second-order valence-electron chi connectivity index (χ2n) is 7.22. The summed E-state index contributed by atoms with van der Waals surface area (Å²) < 4.78 is 0. The van der Waals surface area contributed by atoms with Gasteiger partial charge in [-0.1, -0.05) is 18.2 Å². The normalized spacial score (nSPS) is 15.1. The summed E-state index contributed by atoms with van der Waals surface area (Å²) in [5, 5.41) is 0. The van der Waals surface area contributed by atoms with Crippen molar-refractivity contribution in [1.29, 1.82) is 0 Å². The van der Waals surface area contributed by atoms with Crippen LogP contribution in [-0.4, -0.2) is 22.1 Å². The fourth-order valence-electron chi connectivity index (χ4n) is 3.48. The molecule has 0 atom stereocenters. The number of carbonyl (C=O) groups excluding carboxylic acids is 1. The third kappa shape index (κ3) is 2.92. The molecule has 2 heterocycles. The number of fused-ring (bicyclic) bond motifs is 1. The lowest BCUT2D eigenvalue weighted by Crippen LogP contribution is -2.33. The monoisotopic (exact) mass is 375 g/mol. The zero-order chi connectivity index (χ0) is 19.2. The van der Waals surface area contributed by atoms with E-state index >= 15 is 0 Å². The molecular weight excluding hydrogens is 354 g/mol. The SMILES string of the molecule is CSc1cccc(N2C(=O)C(C)(C)c3ccc(-c4cnc(C)nc4)cc32)c1. The maximum atomic E-state index is 13.3. The first-order chi connectivity index (χ1) is 12.9. The molecule has 2 aromatic carbocycles. The quantitative estimate of drug-likeness (QED) is 0.595. The molecule has 5 heteroatoms. The van der Waals surface area contributed by atoms with Crippen molar-refractivity contribution in [3.05, 3.63) is 66.2 Å². The van der Waals surface area contributed by atoms with Gasteiger partial charge in [-0.15, -0.1) is 11.8 Å². The highest BCUT2D eigenvalue weighted by atomic mass is 32.2. The van der Waals surface area contributed by atoms with Crippen LogP contribution < -0.4 is 4.90 Å². The van der Waals surface area contributed by atoms with Gasteiger partial charge in [0.25, 0.3) is 0 Å². The van der Waals surface area contributed by atoms with Gasteiger partial charge in [-0.3, -0.25) is 9.69 Å². The predicted octanol–water partition coefficient (Wildman–Crippen LogP) is 5.13. The van der Waals surface area contributed by atoms with Gasteiger partial charge in [0.2, 0.25) is 5.91 Å². The zero-order valence-corrected chi connectivity index (χ0v) is 16.7. The summed E-state index contributed by atoms with van der Waals surface area (Å²) in [5.41, 5.74) is 4.26. The molecule has 0 aliphatic carbocycles. The fourth-order valence-corrected chi connectivity index (χ4v) is 3.93. The molecule has 1 aromatic heterocycles. The number of carbonyl (C=O) groups is 1. The lowest BCUT2D eigenvalue weighted by Gasteiger charge is -2.21. The molecule has 0 saturated heterocycles. The van der Waals surface area contributed by atoms with Crippen molar-refractivity contribution in [2.75, 3.05) is 11.2 Å². The highest BCUT2D eigenvalue weighted by molar-refractivity contribution is 7.98. The maximum absolute atomic E-state index is 13.3. The van der Waals surface area contributed by atoms with Gasteiger partial charge in [-0.25, -0.2) is 9.97 Å². The van der Waals surface area contributed by atoms with Crippen LogP contribution in [0.15, 0.2) is 59.8 Å². The summed E-state index contributed by atoms with van der Waals surface area (Å²) in [5.74, 6) is 0.833. The first kappa shape index (κ1) is 17.7. The van der Waals surface area contributed by atoms with Crippen molar-refractivity contribution in [3.63, 3.8) is 0 Å². The van der Waals surface area contributed by atoms with Crippen LogP contribution in [0.2, 0.25) is 0 Å². The van der Waals surface area contributed by atoms with E-state index in [0.717, 1.165) is 38.8 Å². The van der Waals surface area contributed by atoms with Crippen LogP contribution in [-0.2, 0) is 10.2 Å². The Balaban J connectivity index is 1.87. The molecule has 0 unspecified atom stereocenters. The van der Waals surface area contributed by atoms with E-state index in [1.807, 2.05) is 62.5 Å². The Morgan fingerprint density at radius 1 is 1.00 bits per heavy atom. The molecule has 0 saturated carbocycles. The molecule has 4 nitrogen and oxygen atoms in total. The van der Waals surface area contributed by atoms with Crippen molar-refractivity contribution in [2.45, 2.75) is 31.1 Å². The summed E-state index contributed by atoms with van der Waals surface area (Å²) in [6.45, 7) is 5.84. The minimum absolute atomic E-state index is 0.0908. The molecule has 0 N–H and O–H groups in total. The molecule has 3 aromatic rings. The van der Waals surface area contributed by atoms with Gasteiger partial charge in [0, 0.05) is 22.9 Å². The van der Waals surface area contributed by atoms with Gasteiger partial charge in [0.1, 0.15) is 5.82 Å². The van der Waals surface area contributed by atoms with Crippen LogP contribution in [0.3, 0.4) is 0 Å². The van der Waals surface area contributed by atoms with Crippen molar-refractivity contribution >= 4 is 29.0 Å². The molecule has 1 amide bonds. The standard InChI is InChI=1S/C22H21N3OS/c1-14-23-12-16(13-24-14)15-8-9-19-20(10-15)25(21(26)22(19,2)3)17-6-5-7-18(11-17)27-4/h5-13H,1-4H3. The zero-order valence-electron chi connectivity index (χ0n) is 15.9. The molecule has 0 spiro atoms. The van der Waals surface area contributed by atoms with Crippen LogP contribution in [0.25, 0.3) is 11.1 Å². The van der Waals surface area contributed by atoms with Crippen LogP contribution in [0.1, 0.15) is 25.2 Å². The summed E-state index contributed by atoms with van der Waals surface area (Å²) in [4.78, 5) is 24.8. The molecular formula is C22H21N3OS. The Kier molecular flexibility index (Phi) is 4.27. The Labute approximate surface area is 163 Å². The molecule has 1 aliphatic rings. The Bertz CT molecular complexity index is 1030. The number of anilines is 2. The van der Waals surface area contributed by atoms with E-state index in [2.05, 4.69) is 34.2 Å². The number of aromatic nitrogens is 2. The first-order valence-corrected chi connectivity index (χ1v) is 10.1. The van der Waals surface area contributed by atoms with Gasteiger partial charge in [0.05, 0.1) is 16.8 Å². The summed E-state index contributed by atoms with van der Waals surface area (Å²) in [6.07, 6.45) is 5.69. The average molecular weight is 375 g/mol. The smallest absolute Gasteiger partial charge is 0.241 e. The van der Waals surface area contributed by atoms with Crippen LogP contribution in [0.4, 0.5) is 11.4 Å². The second kappa shape index (κ2) is 6.50. The number of benzene rings is 2. The molecule has 1 aliphatic heterocycles. The van der Waals surface area contributed by atoms with Gasteiger partial charge >= 0.3 is 0 Å². The molecule has 0 radical (unpaired) electrons. The van der Waals surface area contributed by atoms with Gasteiger partial charge < -0.3 is 0 Å². The number of amides is 1. The number of hydrogen-bond donors (Lipinski definition) is 0. The number of nitrogens with zero attached hydrogens (tertiary/aromatic N) is 3. The minimum atomic E-state index is -0.562. The van der Waals surface area contributed by atoms with E-state index in [1.165, 1.54) is 0 Å². The fraction of sp³-hybridized carbons (Fsp3) is 0.227. The number of rotatable bonds is 3. The highest BCUT2D eigenvalue weighted by Crippen LogP contribution is 2.47. The van der Waals surface area contributed by atoms with E-state index in [4.69, 9.17) is 0 Å². The summed E-state index contributed by atoms with van der Waals surface area (Å²) in [6, 6.07) is 14.3. The van der Waals surface area contributed by atoms with Crippen LogP contribution in [0, 0.1) is 6.92 Å². The highest BCUT2D eigenvalue weighted by Gasteiger charge is 2.44. The first-order valence-electron chi connectivity index (χ1n) is 8.84. The van der Waals surface area contributed by atoms with E-state index in [0.29, 0.717) is 0 Å². The average Bonchev–Trinajstić information content (AvgIpc) is 2.88. The summed E-state index contributed by atoms with van der Waals surface area (Å²) in [7, 11) is 0. The molecule has 136 valence electrons. The van der Waals surface area contributed by atoms with E-state index < -0.39 is 5.41 Å². The second-order valence-corrected chi connectivity index (χ2v) is 8.10. The molecule has 0 bridgehead atoms. The van der Waals surface area contributed by atoms with E-state index in [-0.39, 0.29) is 5.91 Å². The predicted molar refractivity (Wildman–Crippen MR) is 111 cm³/mol. The lowest BCUT2D eigenvalue weighted by atomic mass is 9.85. The van der Waals surface area contributed by atoms with Crippen molar-refractivity contribution in [2.24, 2.45) is 0 Å². The molecule has 4 rings (SSSR count). The van der Waals surface area contributed by atoms with Crippen molar-refractivity contribution < 1.29 is 4.79 Å². The van der Waals surface area contributed by atoms with Crippen LogP contribution >= 0.6 is 11.8 Å². The van der Waals surface area contributed by atoms with Crippen molar-refractivity contribution in [3.8, 4) is 11.1 Å². The maximum Gasteiger partial charge on any atom is 0.241 e. The topological polar surface area (TPSA) is 46.1 Å². The number of hydrogen-bond acceptors (Lipinski definition) is 4. The lowest BCUT2D eigenvalue weighted by molar-refractivity contribution is -0.121. The number of thioether (sulfide) groups is 1. The van der Waals surface area contributed by atoms with Gasteiger partial charge in [-0.2, -0.15) is 0 Å². The molecule has 0 fully saturated rings. The third-order valence-electron chi connectivity index (χ3n) is 5.08. The number of aryl methyl sites for hydroxylation is 1. The summed E-state index contributed by atoms with van der Waals surface area (Å²) >= 11 is 1.67. The van der Waals surface area contributed by atoms with E-state index in [9.17, 15) is 4.79 Å². The van der Waals surface area contributed by atoms with Crippen LogP contribution in [0.5, 0.6) is 0 Å². The minimum Gasteiger partial charge on any atom is -0.280 e. The Morgan fingerprint density at radius 3 is 2.44 bits per heavy atom.